The summed E-state index contributed by atoms with van der Waals surface area (Å²) in [5.41, 5.74) is 0.891. The van der Waals surface area contributed by atoms with Gasteiger partial charge in [-0.2, -0.15) is 0 Å². The number of amides is 1. The summed E-state index contributed by atoms with van der Waals surface area (Å²) in [6.07, 6.45) is 0.662. The highest BCUT2D eigenvalue weighted by atomic mass is 32.2. The lowest BCUT2D eigenvalue weighted by atomic mass is 10.2. The van der Waals surface area contributed by atoms with E-state index in [1.165, 1.54) is 29.2 Å². The highest BCUT2D eigenvalue weighted by Crippen LogP contribution is 2.15. The Morgan fingerprint density at radius 1 is 1.03 bits per heavy atom. The zero-order valence-electron chi connectivity index (χ0n) is 16.8. The minimum atomic E-state index is -3.65. The Hall–Kier alpha value is -2.71. The third kappa shape index (κ3) is 6.13. The Balaban J connectivity index is 2.00. The monoisotopic (exact) mass is 418 g/mol. The molecule has 1 amide bonds. The van der Waals surface area contributed by atoms with Crippen molar-refractivity contribution in [2.75, 3.05) is 18.1 Å². The standard InChI is InChI=1S/C21H26N2O5S/c1-4-16(3)22-29(26,27)19-13-11-17(12-14-19)21(25)28-15-20(24)23(5-2)18-9-7-6-8-10-18/h6-14,16,22H,4-5,15H2,1-3H3/t16-/m1/s1. The van der Waals surface area contributed by atoms with E-state index in [9.17, 15) is 18.0 Å². The van der Waals surface area contributed by atoms with Crippen LogP contribution in [0, 0.1) is 0 Å². The van der Waals surface area contributed by atoms with Crippen molar-refractivity contribution < 1.29 is 22.7 Å². The summed E-state index contributed by atoms with van der Waals surface area (Å²) in [5.74, 6) is -1.04. The second-order valence-electron chi connectivity index (χ2n) is 6.50. The predicted molar refractivity (Wildman–Crippen MR) is 111 cm³/mol. The molecule has 0 aromatic heterocycles. The van der Waals surface area contributed by atoms with Gasteiger partial charge in [0.2, 0.25) is 10.0 Å². The van der Waals surface area contributed by atoms with Crippen LogP contribution in [0.3, 0.4) is 0 Å². The summed E-state index contributed by atoms with van der Waals surface area (Å²) in [6.45, 7) is 5.52. The molecule has 0 aliphatic rings. The normalized spacial score (nSPS) is 12.2. The molecule has 0 aliphatic carbocycles. The number of hydrogen-bond donors (Lipinski definition) is 1. The molecule has 8 heteroatoms. The number of esters is 1. The van der Waals surface area contributed by atoms with Gasteiger partial charge in [0.1, 0.15) is 0 Å². The Bertz CT molecular complexity index is 927. The number of sulfonamides is 1. The molecular formula is C21H26N2O5S. The third-order valence-corrected chi connectivity index (χ3v) is 5.99. The smallest absolute Gasteiger partial charge is 0.338 e. The number of anilines is 1. The average Bonchev–Trinajstić information content (AvgIpc) is 2.73. The van der Waals surface area contributed by atoms with Gasteiger partial charge < -0.3 is 9.64 Å². The molecule has 0 aliphatic heterocycles. The number of likely N-dealkylation sites (N-methyl/N-ethyl adjacent to an activating group) is 1. The Morgan fingerprint density at radius 2 is 1.66 bits per heavy atom. The van der Waals surface area contributed by atoms with Crippen molar-refractivity contribution in [1.82, 2.24) is 4.72 Å². The first-order chi connectivity index (χ1) is 13.8. The molecule has 1 atom stereocenters. The zero-order valence-corrected chi connectivity index (χ0v) is 17.6. The van der Waals surface area contributed by atoms with Gasteiger partial charge in [0.25, 0.3) is 5.91 Å². The average molecular weight is 419 g/mol. The van der Waals surface area contributed by atoms with Crippen molar-refractivity contribution in [3.05, 3.63) is 60.2 Å². The summed E-state index contributed by atoms with van der Waals surface area (Å²) < 4.78 is 32.2. The van der Waals surface area contributed by atoms with E-state index in [0.29, 0.717) is 13.0 Å². The first-order valence-electron chi connectivity index (χ1n) is 9.43. The topological polar surface area (TPSA) is 92.8 Å². The summed E-state index contributed by atoms with van der Waals surface area (Å²) in [5, 5.41) is 0. The maximum atomic E-state index is 12.4. The number of rotatable bonds is 9. The van der Waals surface area contributed by atoms with E-state index in [1.807, 2.05) is 32.0 Å². The summed E-state index contributed by atoms with van der Waals surface area (Å²) in [4.78, 5) is 26.2. The lowest BCUT2D eigenvalue weighted by molar-refractivity contribution is -0.121. The minimum Gasteiger partial charge on any atom is -0.452 e. The fourth-order valence-corrected chi connectivity index (χ4v) is 3.91. The Kier molecular flexibility index (Phi) is 7.92. The van der Waals surface area contributed by atoms with Crippen LogP contribution in [0.4, 0.5) is 5.69 Å². The Labute approximate surface area is 171 Å². The van der Waals surface area contributed by atoms with Crippen molar-refractivity contribution in [1.29, 1.82) is 0 Å². The van der Waals surface area contributed by atoms with Crippen molar-refractivity contribution in [3.63, 3.8) is 0 Å². The van der Waals surface area contributed by atoms with Gasteiger partial charge in [-0.1, -0.05) is 25.1 Å². The summed E-state index contributed by atoms with van der Waals surface area (Å²) in [7, 11) is -3.65. The van der Waals surface area contributed by atoms with Gasteiger partial charge in [-0.05, 0) is 56.7 Å². The molecule has 0 saturated carbocycles. The van der Waals surface area contributed by atoms with E-state index in [0.717, 1.165) is 5.69 Å². The number of hydrogen-bond acceptors (Lipinski definition) is 5. The number of carbonyl (C=O) groups is 2. The van der Waals surface area contributed by atoms with Crippen molar-refractivity contribution in [2.45, 2.75) is 38.1 Å². The SMILES string of the molecule is CC[C@@H](C)NS(=O)(=O)c1ccc(C(=O)OCC(=O)N(CC)c2ccccc2)cc1. The van der Waals surface area contributed by atoms with E-state index in [-0.39, 0.29) is 22.4 Å². The van der Waals surface area contributed by atoms with E-state index in [1.54, 1.807) is 19.1 Å². The van der Waals surface area contributed by atoms with Crippen LogP contribution >= 0.6 is 0 Å². The molecule has 0 unspecified atom stereocenters. The highest BCUT2D eigenvalue weighted by Gasteiger charge is 2.19. The van der Waals surface area contributed by atoms with Gasteiger partial charge >= 0.3 is 5.97 Å². The molecule has 29 heavy (non-hydrogen) atoms. The van der Waals surface area contributed by atoms with Crippen LogP contribution in [0.1, 0.15) is 37.6 Å². The van der Waals surface area contributed by atoms with Crippen LogP contribution in [0.25, 0.3) is 0 Å². The molecule has 156 valence electrons. The molecule has 2 rings (SSSR count). The van der Waals surface area contributed by atoms with E-state index < -0.39 is 22.6 Å². The predicted octanol–water partition coefficient (Wildman–Crippen LogP) is 2.97. The summed E-state index contributed by atoms with van der Waals surface area (Å²) in [6, 6.07) is 14.3. The van der Waals surface area contributed by atoms with Crippen LogP contribution in [-0.4, -0.2) is 39.5 Å². The number of carbonyl (C=O) groups excluding carboxylic acids is 2. The van der Waals surface area contributed by atoms with E-state index in [4.69, 9.17) is 4.74 Å². The van der Waals surface area contributed by atoms with Crippen molar-refractivity contribution in [2.24, 2.45) is 0 Å². The zero-order chi connectivity index (χ0) is 21.4. The number of benzene rings is 2. The Morgan fingerprint density at radius 3 is 2.21 bits per heavy atom. The molecule has 7 nitrogen and oxygen atoms in total. The van der Waals surface area contributed by atoms with Crippen molar-refractivity contribution >= 4 is 27.6 Å². The molecule has 2 aromatic carbocycles. The van der Waals surface area contributed by atoms with Crippen LogP contribution in [0.2, 0.25) is 0 Å². The largest absolute Gasteiger partial charge is 0.452 e. The number of para-hydroxylation sites is 1. The molecule has 0 fully saturated rings. The molecule has 0 saturated heterocycles. The maximum absolute atomic E-state index is 12.4. The van der Waals surface area contributed by atoms with Gasteiger partial charge in [-0.3, -0.25) is 4.79 Å². The second-order valence-corrected chi connectivity index (χ2v) is 8.22. The van der Waals surface area contributed by atoms with Crippen molar-refractivity contribution in [3.8, 4) is 0 Å². The van der Waals surface area contributed by atoms with Crippen LogP contribution in [0.5, 0.6) is 0 Å². The minimum absolute atomic E-state index is 0.0617. The molecule has 1 N–H and O–H groups in total. The van der Waals surface area contributed by atoms with Gasteiger partial charge in [0, 0.05) is 18.3 Å². The first kappa shape index (κ1) is 22.6. The fourth-order valence-electron chi connectivity index (χ4n) is 2.59. The van der Waals surface area contributed by atoms with Crippen LogP contribution in [-0.2, 0) is 19.6 Å². The number of ether oxygens (including phenoxy) is 1. The van der Waals surface area contributed by atoms with Gasteiger partial charge in [-0.25, -0.2) is 17.9 Å². The fraction of sp³-hybridized carbons (Fsp3) is 0.333. The van der Waals surface area contributed by atoms with Gasteiger partial charge in [0.15, 0.2) is 6.61 Å². The van der Waals surface area contributed by atoms with Crippen LogP contribution < -0.4 is 9.62 Å². The van der Waals surface area contributed by atoms with E-state index >= 15 is 0 Å². The molecule has 0 bridgehead atoms. The lowest BCUT2D eigenvalue weighted by Gasteiger charge is -2.20. The molecule has 2 aromatic rings. The molecule has 0 heterocycles. The second kappa shape index (κ2) is 10.2. The van der Waals surface area contributed by atoms with E-state index in [2.05, 4.69) is 4.72 Å². The van der Waals surface area contributed by atoms with Gasteiger partial charge in [-0.15, -0.1) is 0 Å². The number of nitrogens with zero attached hydrogens (tertiary/aromatic N) is 1. The lowest BCUT2D eigenvalue weighted by Crippen LogP contribution is -2.34. The molecule has 0 radical (unpaired) electrons. The molecular weight excluding hydrogens is 392 g/mol. The van der Waals surface area contributed by atoms with Crippen LogP contribution in [0.15, 0.2) is 59.5 Å². The maximum Gasteiger partial charge on any atom is 0.338 e. The number of nitrogens with one attached hydrogen (secondary N) is 1. The van der Waals surface area contributed by atoms with Gasteiger partial charge in [0.05, 0.1) is 10.5 Å². The first-order valence-corrected chi connectivity index (χ1v) is 10.9. The quantitative estimate of drug-likeness (QED) is 0.632. The molecule has 0 spiro atoms. The third-order valence-electron chi connectivity index (χ3n) is 4.38. The summed E-state index contributed by atoms with van der Waals surface area (Å²) >= 11 is 0. The highest BCUT2D eigenvalue weighted by molar-refractivity contribution is 7.89.